The minimum atomic E-state index is -1.32. The number of benzene rings is 1. The standard InChI is InChI=1S/C24H22F3N7O2/c1-12-9-33(11-20(36-12)13-7-29-34(10-13)14-3-4-14)24-30-21(15-5-18(26)19(27)6-17(15)25)16-8-28-32(2)23(35)22(16)31-24/h5-8,10,12,14,20H,3-4,9,11H2,1-2H3/t12-,20+/m0/s1. The second-order valence-electron chi connectivity index (χ2n) is 9.28. The molecule has 4 heterocycles. The lowest BCUT2D eigenvalue weighted by molar-refractivity contribution is -0.0178. The second-order valence-corrected chi connectivity index (χ2v) is 9.28. The maximum absolute atomic E-state index is 14.8. The molecule has 1 aromatic carbocycles. The van der Waals surface area contributed by atoms with Crippen LogP contribution in [0.5, 0.6) is 0 Å². The zero-order valence-corrected chi connectivity index (χ0v) is 19.5. The maximum atomic E-state index is 14.8. The van der Waals surface area contributed by atoms with Gasteiger partial charge in [-0.15, -0.1) is 0 Å². The molecule has 0 bridgehead atoms. The summed E-state index contributed by atoms with van der Waals surface area (Å²) in [6.45, 7) is 2.67. The van der Waals surface area contributed by atoms with Crippen molar-refractivity contribution in [3.8, 4) is 11.3 Å². The topological polar surface area (TPSA) is 91.0 Å². The number of fused-ring (bicyclic) bond motifs is 1. The van der Waals surface area contributed by atoms with E-state index in [-0.39, 0.29) is 40.3 Å². The Kier molecular flexibility index (Phi) is 5.29. The molecule has 1 aliphatic heterocycles. The first-order valence-electron chi connectivity index (χ1n) is 11.6. The summed E-state index contributed by atoms with van der Waals surface area (Å²) in [5.74, 6) is -3.41. The first-order valence-corrected chi connectivity index (χ1v) is 11.6. The molecule has 0 radical (unpaired) electrons. The van der Waals surface area contributed by atoms with E-state index in [4.69, 9.17) is 4.74 Å². The highest BCUT2D eigenvalue weighted by Gasteiger charge is 2.32. The van der Waals surface area contributed by atoms with Crippen molar-refractivity contribution in [1.29, 1.82) is 0 Å². The molecule has 2 atom stereocenters. The zero-order valence-electron chi connectivity index (χ0n) is 19.5. The normalized spacial score (nSPS) is 20.3. The largest absolute Gasteiger partial charge is 0.367 e. The van der Waals surface area contributed by atoms with Gasteiger partial charge in [-0.05, 0) is 25.8 Å². The van der Waals surface area contributed by atoms with Gasteiger partial charge in [0.2, 0.25) is 5.95 Å². The minimum absolute atomic E-state index is 0.00567. The molecule has 36 heavy (non-hydrogen) atoms. The first-order chi connectivity index (χ1) is 17.3. The number of nitrogens with zero attached hydrogens (tertiary/aromatic N) is 7. The van der Waals surface area contributed by atoms with Crippen LogP contribution in [0.3, 0.4) is 0 Å². The summed E-state index contributed by atoms with van der Waals surface area (Å²) in [5.41, 5.74) is 0.0408. The van der Waals surface area contributed by atoms with Gasteiger partial charge in [0.05, 0.1) is 42.2 Å². The van der Waals surface area contributed by atoms with Gasteiger partial charge in [0, 0.05) is 37.0 Å². The van der Waals surface area contributed by atoms with Crippen LogP contribution in [-0.4, -0.2) is 48.7 Å². The van der Waals surface area contributed by atoms with Crippen molar-refractivity contribution in [3.63, 3.8) is 0 Å². The van der Waals surface area contributed by atoms with Crippen molar-refractivity contribution >= 4 is 16.9 Å². The van der Waals surface area contributed by atoms with E-state index in [1.165, 1.54) is 13.2 Å². The summed E-state index contributed by atoms with van der Waals surface area (Å²) in [5, 5.41) is 8.56. The molecule has 2 fully saturated rings. The summed E-state index contributed by atoms with van der Waals surface area (Å²) in [6, 6.07) is 1.61. The van der Waals surface area contributed by atoms with Crippen molar-refractivity contribution in [1.82, 2.24) is 29.5 Å². The molecule has 12 heteroatoms. The molecule has 6 rings (SSSR count). The predicted octanol–water partition coefficient (Wildman–Crippen LogP) is 3.31. The van der Waals surface area contributed by atoms with Gasteiger partial charge < -0.3 is 9.64 Å². The van der Waals surface area contributed by atoms with Gasteiger partial charge in [-0.2, -0.15) is 10.2 Å². The van der Waals surface area contributed by atoms with E-state index in [0.29, 0.717) is 25.2 Å². The third-order valence-electron chi connectivity index (χ3n) is 6.51. The van der Waals surface area contributed by atoms with Gasteiger partial charge in [-0.25, -0.2) is 27.8 Å². The summed E-state index contributed by atoms with van der Waals surface area (Å²) < 4.78 is 51.7. The molecule has 0 amide bonds. The number of hydrogen-bond donors (Lipinski definition) is 0. The fourth-order valence-corrected chi connectivity index (χ4v) is 4.50. The van der Waals surface area contributed by atoms with E-state index < -0.39 is 23.0 Å². The Balaban J connectivity index is 1.46. The van der Waals surface area contributed by atoms with Crippen LogP contribution < -0.4 is 10.5 Å². The van der Waals surface area contributed by atoms with Crippen LogP contribution in [-0.2, 0) is 11.8 Å². The lowest BCUT2D eigenvalue weighted by atomic mass is 10.1. The second kappa shape index (κ2) is 8.40. The Labute approximate surface area is 203 Å². The molecule has 1 aliphatic carbocycles. The number of anilines is 1. The molecule has 0 N–H and O–H groups in total. The van der Waals surface area contributed by atoms with E-state index in [0.717, 1.165) is 29.2 Å². The third kappa shape index (κ3) is 3.91. The fraction of sp³-hybridized carbons (Fsp3) is 0.375. The molecular formula is C24H22F3N7O2. The van der Waals surface area contributed by atoms with Crippen molar-refractivity contribution in [2.45, 2.75) is 38.0 Å². The summed E-state index contributed by atoms with van der Waals surface area (Å²) in [6.07, 6.45) is 6.74. The number of aryl methyl sites for hydroxylation is 1. The number of aromatic nitrogens is 6. The van der Waals surface area contributed by atoms with Crippen molar-refractivity contribution in [2.24, 2.45) is 7.05 Å². The quantitative estimate of drug-likeness (QED) is 0.400. The van der Waals surface area contributed by atoms with Gasteiger partial charge in [-0.1, -0.05) is 0 Å². The van der Waals surface area contributed by atoms with Gasteiger partial charge in [0.1, 0.15) is 17.4 Å². The average Bonchev–Trinajstić information content (AvgIpc) is 3.59. The molecule has 9 nitrogen and oxygen atoms in total. The predicted molar refractivity (Wildman–Crippen MR) is 124 cm³/mol. The Morgan fingerprint density at radius 1 is 1.00 bits per heavy atom. The Bertz CT molecular complexity index is 1550. The van der Waals surface area contributed by atoms with Crippen LogP contribution in [0.4, 0.5) is 19.1 Å². The van der Waals surface area contributed by atoms with Gasteiger partial charge >= 0.3 is 0 Å². The van der Waals surface area contributed by atoms with E-state index in [1.807, 2.05) is 22.7 Å². The molecule has 1 saturated carbocycles. The molecule has 4 aromatic rings. The van der Waals surface area contributed by atoms with Crippen molar-refractivity contribution in [2.75, 3.05) is 18.0 Å². The van der Waals surface area contributed by atoms with Gasteiger partial charge in [0.15, 0.2) is 11.6 Å². The number of ether oxygens (including phenoxy) is 1. The van der Waals surface area contributed by atoms with Crippen LogP contribution in [0.2, 0.25) is 0 Å². The number of morpholine rings is 1. The van der Waals surface area contributed by atoms with Gasteiger partial charge in [0.25, 0.3) is 5.56 Å². The van der Waals surface area contributed by atoms with Crippen LogP contribution >= 0.6 is 0 Å². The lowest BCUT2D eigenvalue weighted by Crippen LogP contribution is -2.43. The summed E-state index contributed by atoms with van der Waals surface area (Å²) in [7, 11) is 1.46. The SMILES string of the molecule is C[C@H]1CN(c2nc(-c3cc(F)c(F)cc3F)c3cnn(C)c(=O)c3n2)C[C@H](c2cnn(C3CC3)c2)O1. The molecule has 0 spiro atoms. The average molecular weight is 497 g/mol. The molecule has 186 valence electrons. The van der Waals surface area contributed by atoms with Crippen molar-refractivity contribution < 1.29 is 17.9 Å². The Morgan fingerprint density at radius 3 is 2.56 bits per heavy atom. The lowest BCUT2D eigenvalue weighted by Gasteiger charge is -2.36. The van der Waals surface area contributed by atoms with E-state index in [1.54, 1.807) is 6.20 Å². The Morgan fingerprint density at radius 2 is 1.78 bits per heavy atom. The highest BCUT2D eigenvalue weighted by Crippen LogP contribution is 2.36. The first kappa shape index (κ1) is 22.7. The fourth-order valence-electron chi connectivity index (χ4n) is 4.50. The van der Waals surface area contributed by atoms with Crippen LogP contribution in [0.15, 0.2) is 35.5 Å². The van der Waals surface area contributed by atoms with Crippen LogP contribution in [0.25, 0.3) is 22.2 Å². The Hall–Kier alpha value is -3.80. The minimum Gasteiger partial charge on any atom is -0.367 e. The number of rotatable bonds is 4. The van der Waals surface area contributed by atoms with E-state index in [2.05, 4.69) is 20.2 Å². The third-order valence-corrected chi connectivity index (χ3v) is 6.51. The van der Waals surface area contributed by atoms with E-state index >= 15 is 0 Å². The van der Waals surface area contributed by atoms with E-state index in [9.17, 15) is 18.0 Å². The number of halogens is 3. The summed E-state index contributed by atoms with van der Waals surface area (Å²) in [4.78, 5) is 23.8. The highest BCUT2D eigenvalue weighted by atomic mass is 19.2. The molecule has 3 aromatic heterocycles. The van der Waals surface area contributed by atoms with Gasteiger partial charge in [-0.3, -0.25) is 9.48 Å². The molecule has 1 saturated heterocycles. The van der Waals surface area contributed by atoms with Crippen LogP contribution in [0.1, 0.15) is 37.5 Å². The van der Waals surface area contributed by atoms with Crippen molar-refractivity contribution in [3.05, 3.63) is 64.1 Å². The highest BCUT2D eigenvalue weighted by molar-refractivity contribution is 5.92. The van der Waals surface area contributed by atoms with Crippen LogP contribution in [0, 0.1) is 17.5 Å². The molecular weight excluding hydrogens is 475 g/mol. The monoisotopic (exact) mass is 497 g/mol. The molecule has 2 aliphatic rings. The smallest absolute Gasteiger partial charge is 0.293 e. The summed E-state index contributed by atoms with van der Waals surface area (Å²) >= 11 is 0. The molecule has 0 unspecified atom stereocenters. The zero-order chi connectivity index (χ0) is 25.1. The maximum Gasteiger partial charge on any atom is 0.293 e. The number of hydrogen-bond acceptors (Lipinski definition) is 7.